The summed E-state index contributed by atoms with van der Waals surface area (Å²) in [5.74, 6) is 0.287. The van der Waals surface area contributed by atoms with Gasteiger partial charge in [0.15, 0.2) is 0 Å². The molecule has 1 aromatic rings. The summed E-state index contributed by atoms with van der Waals surface area (Å²) in [5.41, 5.74) is 1.15. The summed E-state index contributed by atoms with van der Waals surface area (Å²) in [7, 11) is 0. The molecule has 0 N–H and O–H groups in total. The molecule has 1 aromatic heterocycles. The quantitative estimate of drug-likeness (QED) is 0.821. The van der Waals surface area contributed by atoms with Crippen LogP contribution in [0.4, 0.5) is 0 Å². The molecule has 2 rings (SSSR count). The van der Waals surface area contributed by atoms with Gasteiger partial charge in [0.25, 0.3) is 0 Å². The highest BCUT2D eigenvalue weighted by Gasteiger charge is 2.24. The van der Waals surface area contributed by atoms with Crippen molar-refractivity contribution in [3.8, 4) is 0 Å². The van der Waals surface area contributed by atoms with Gasteiger partial charge in [-0.25, -0.2) is 0 Å². The van der Waals surface area contributed by atoms with Crippen LogP contribution in [0.25, 0.3) is 0 Å². The van der Waals surface area contributed by atoms with E-state index < -0.39 is 0 Å². The highest BCUT2D eigenvalue weighted by Crippen LogP contribution is 2.20. The first-order chi connectivity index (χ1) is 8.70. The van der Waals surface area contributed by atoms with Crippen LogP contribution in [-0.2, 0) is 11.3 Å². The van der Waals surface area contributed by atoms with Gasteiger partial charge in [-0.1, -0.05) is 6.92 Å². The van der Waals surface area contributed by atoms with Crippen LogP contribution in [0.5, 0.6) is 0 Å². The number of amides is 1. The summed E-state index contributed by atoms with van der Waals surface area (Å²) in [6, 6.07) is 0.464. The molecule has 2 heterocycles. The van der Waals surface area contributed by atoms with Crippen molar-refractivity contribution in [2.45, 2.75) is 58.5 Å². The molecule has 1 aliphatic heterocycles. The number of piperidine rings is 1. The summed E-state index contributed by atoms with van der Waals surface area (Å²) in [6.45, 7) is 5.82. The first-order valence-corrected chi connectivity index (χ1v) is 6.99. The Morgan fingerprint density at radius 1 is 1.50 bits per heavy atom. The molecule has 0 spiro atoms. The molecule has 4 heteroatoms. The van der Waals surface area contributed by atoms with E-state index in [0.29, 0.717) is 19.0 Å². The molecule has 1 fully saturated rings. The van der Waals surface area contributed by atoms with E-state index in [0.717, 1.165) is 24.9 Å². The lowest BCUT2D eigenvalue weighted by molar-refractivity contribution is -0.135. The zero-order valence-electron chi connectivity index (χ0n) is 11.4. The number of likely N-dealkylation sites (tertiary alicyclic amines) is 1. The molecular formula is C14H23N3O. The number of hydrogen-bond acceptors (Lipinski definition) is 2. The molecule has 0 saturated carbocycles. The van der Waals surface area contributed by atoms with Crippen molar-refractivity contribution in [1.29, 1.82) is 0 Å². The Bertz CT molecular complexity index is 399. The molecule has 0 aliphatic carbocycles. The average molecular weight is 249 g/mol. The topological polar surface area (TPSA) is 38.1 Å². The second kappa shape index (κ2) is 6.03. The Morgan fingerprint density at radius 3 is 3.00 bits per heavy atom. The van der Waals surface area contributed by atoms with Gasteiger partial charge in [0.2, 0.25) is 5.91 Å². The number of carbonyl (C=O) groups is 1. The number of carbonyl (C=O) groups excluding carboxylic acids is 1. The lowest BCUT2D eigenvalue weighted by atomic mass is 9.99. The Kier molecular flexibility index (Phi) is 4.39. The van der Waals surface area contributed by atoms with Gasteiger partial charge in [-0.05, 0) is 38.2 Å². The highest BCUT2D eigenvalue weighted by molar-refractivity contribution is 5.76. The number of rotatable bonds is 4. The van der Waals surface area contributed by atoms with E-state index in [4.69, 9.17) is 0 Å². The van der Waals surface area contributed by atoms with Gasteiger partial charge in [-0.3, -0.25) is 9.48 Å². The third kappa shape index (κ3) is 3.12. The molecule has 18 heavy (non-hydrogen) atoms. The molecule has 1 atom stereocenters. The fourth-order valence-corrected chi connectivity index (χ4v) is 2.70. The highest BCUT2D eigenvalue weighted by atomic mass is 16.2. The second-order valence-corrected chi connectivity index (χ2v) is 5.18. The molecule has 1 aliphatic rings. The van der Waals surface area contributed by atoms with Gasteiger partial charge in [0.1, 0.15) is 0 Å². The summed E-state index contributed by atoms with van der Waals surface area (Å²) in [4.78, 5) is 14.3. The van der Waals surface area contributed by atoms with Gasteiger partial charge in [0, 0.05) is 31.7 Å². The predicted octanol–water partition coefficient (Wildman–Crippen LogP) is 2.37. The van der Waals surface area contributed by atoms with Gasteiger partial charge in [-0.2, -0.15) is 5.10 Å². The molecule has 100 valence electrons. The average Bonchev–Trinajstić information content (AvgIpc) is 2.81. The van der Waals surface area contributed by atoms with Crippen LogP contribution >= 0.6 is 0 Å². The lowest BCUT2D eigenvalue weighted by Gasteiger charge is -2.35. The van der Waals surface area contributed by atoms with E-state index in [1.807, 2.05) is 24.0 Å². The molecule has 0 bridgehead atoms. The van der Waals surface area contributed by atoms with Gasteiger partial charge >= 0.3 is 0 Å². The SMILES string of the molecule is CCC1CCCCN1C(=O)CCn1cc(C)cn1. The van der Waals surface area contributed by atoms with Crippen molar-refractivity contribution < 1.29 is 4.79 Å². The van der Waals surface area contributed by atoms with E-state index in [2.05, 4.69) is 16.9 Å². The van der Waals surface area contributed by atoms with Crippen molar-refractivity contribution in [1.82, 2.24) is 14.7 Å². The summed E-state index contributed by atoms with van der Waals surface area (Å²) in [6.07, 6.45) is 9.05. The summed E-state index contributed by atoms with van der Waals surface area (Å²) < 4.78 is 1.86. The van der Waals surface area contributed by atoms with Crippen LogP contribution in [0, 0.1) is 6.92 Å². The number of hydrogen-bond donors (Lipinski definition) is 0. The molecule has 0 aromatic carbocycles. The van der Waals surface area contributed by atoms with E-state index in [1.54, 1.807) is 0 Å². The first-order valence-electron chi connectivity index (χ1n) is 6.99. The minimum Gasteiger partial charge on any atom is -0.340 e. The lowest BCUT2D eigenvalue weighted by Crippen LogP contribution is -2.43. The van der Waals surface area contributed by atoms with Crippen molar-refractivity contribution in [3.05, 3.63) is 18.0 Å². The molecule has 4 nitrogen and oxygen atoms in total. The first kappa shape index (κ1) is 13.1. The van der Waals surface area contributed by atoms with Crippen molar-refractivity contribution >= 4 is 5.91 Å². The van der Waals surface area contributed by atoms with Crippen molar-refractivity contribution in [2.75, 3.05) is 6.54 Å². The van der Waals surface area contributed by atoms with E-state index in [1.165, 1.54) is 12.8 Å². The van der Waals surface area contributed by atoms with E-state index in [-0.39, 0.29) is 5.91 Å². The molecule has 1 saturated heterocycles. The Labute approximate surface area is 109 Å². The van der Waals surface area contributed by atoms with Crippen LogP contribution < -0.4 is 0 Å². The largest absolute Gasteiger partial charge is 0.340 e. The normalized spacial score (nSPS) is 20.1. The van der Waals surface area contributed by atoms with E-state index >= 15 is 0 Å². The minimum atomic E-state index is 0.287. The monoisotopic (exact) mass is 249 g/mol. The van der Waals surface area contributed by atoms with Crippen LogP contribution in [0.1, 0.15) is 44.6 Å². The van der Waals surface area contributed by atoms with Crippen molar-refractivity contribution in [2.24, 2.45) is 0 Å². The minimum absolute atomic E-state index is 0.287. The van der Waals surface area contributed by atoms with Crippen LogP contribution in [-0.4, -0.2) is 33.2 Å². The number of aromatic nitrogens is 2. The van der Waals surface area contributed by atoms with Crippen LogP contribution in [0.3, 0.4) is 0 Å². The smallest absolute Gasteiger partial charge is 0.224 e. The summed E-state index contributed by atoms with van der Waals surface area (Å²) >= 11 is 0. The van der Waals surface area contributed by atoms with Gasteiger partial charge < -0.3 is 4.90 Å². The third-order valence-corrected chi connectivity index (χ3v) is 3.74. The summed E-state index contributed by atoms with van der Waals surface area (Å²) in [5, 5.41) is 4.22. The maximum absolute atomic E-state index is 12.2. The standard InChI is InChI=1S/C14H23N3O/c1-3-13-6-4-5-8-17(13)14(18)7-9-16-11-12(2)10-15-16/h10-11,13H,3-9H2,1-2H3. The maximum Gasteiger partial charge on any atom is 0.224 e. The molecule has 0 radical (unpaired) electrons. The zero-order chi connectivity index (χ0) is 13.0. The van der Waals surface area contributed by atoms with Crippen LogP contribution in [0.15, 0.2) is 12.4 Å². The Hall–Kier alpha value is -1.32. The predicted molar refractivity (Wildman–Crippen MR) is 71.2 cm³/mol. The Balaban J connectivity index is 1.86. The number of aryl methyl sites for hydroxylation is 2. The van der Waals surface area contributed by atoms with Crippen molar-refractivity contribution in [3.63, 3.8) is 0 Å². The van der Waals surface area contributed by atoms with Crippen LogP contribution in [0.2, 0.25) is 0 Å². The fraction of sp³-hybridized carbons (Fsp3) is 0.714. The van der Waals surface area contributed by atoms with Gasteiger partial charge in [0.05, 0.1) is 6.20 Å². The second-order valence-electron chi connectivity index (χ2n) is 5.18. The molecule has 1 unspecified atom stereocenters. The molecule has 1 amide bonds. The fourth-order valence-electron chi connectivity index (χ4n) is 2.70. The zero-order valence-corrected chi connectivity index (χ0v) is 11.4. The molecular weight excluding hydrogens is 226 g/mol. The number of nitrogens with zero attached hydrogens (tertiary/aromatic N) is 3. The Morgan fingerprint density at radius 2 is 2.33 bits per heavy atom. The maximum atomic E-state index is 12.2. The van der Waals surface area contributed by atoms with Gasteiger partial charge in [-0.15, -0.1) is 0 Å². The van der Waals surface area contributed by atoms with E-state index in [9.17, 15) is 4.79 Å². The third-order valence-electron chi connectivity index (χ3n) is 3.74.